The molecule has 0 amide bonds. The average Bonchev–Trinajstić information content (AvgIpc) is 2.61. The summed E-state index contributed by atoms with van der Waals surface area (Å²) in [5.41, 5.74) is 0.301. The molecule has 0 aromatic carbocycles. The van der Waals surface area contributed by atoms with Crippen LogP contribution in [0.1, 0.15) is 48.0 Å². The molecule has 2 rings (SSSR count). The van der Waals surface area contributed by atoms with E-state index in [1.54, 1.807) is 0 Å². The molecule has 1 atom stereocenters. The molecule has 1 unspecified atom stereocenters. The lowest BCUT2D eigenvalue weighted by Gasteiger charge is -2.56. The summed E-state index contributed by atoms with van der Waals surface area (Å²) in [4.78, 5) is 7.23. The summed E-state index contributed by atoms with van der Waals surface area (Å²) in [7, 11) is 6.16. The Bertz CT molecular complexity index is 470. The number of hydrogen-bond acceptors (Lipinski definition) is 6. The van der Waals surface area contributed by atoms with E-state index in [1.807, 2.05) is 24.1 Å². The van der Waals surface area contributed by atoms with Crippen molar-refractivity contribution in [2.24, 2.45) is 32.2 Å². The molecule has 2 aliphatic rings. The lowest BCUT2D eigenvalue weighted by molar-refractivity contribution is -0.151. The van der Waals surface area contributed by atoms with Gasteiger partial charge in [0.1, 0.15) is 5.84 Å². The first-order valence-corrected chi connectivity index (χ1v) is 8.07. The molecular weight excluding hydrogens is 276 g/mol. The summed E-state index contributed by atoms with van der Waals surface area (Å²) in [6.07, 6.45) is 0.948. The van der Waals surface area contributed by atoms with E-state index in [9.17, 15) is 0 Å². The molecule has 0 saturated carbocycles. The van der Waals surface area contributed by atoms with Gasteiger partial charge in [0.25, 0.3) is 0 Å². The molecule has 6 heteroatoms. The highest BCUT2D eigenvalue weighted by Gasteiger charge is 2.59. The number of aliphatic imine (C=N–C) groups is 1. The lowest BCUT2D eigenvalue weighted by atomic mass is 9.73. The van der Waals surface area contributed by atoms with Gasteiger partial charge in [-0.1, -0.05) is 41.5 Å². The monoisotopic (exact) mass is 308 g/mol. The second-order valence-electron chi connectivity index (χ2n) is 8.89. The van der Waals surface area contributed by atoms with Crippen LogP contribution in [0.25, 0.3) is 0 Å². The van der Waals surface area contributed by atoms with Gasteiger partial charge in [-0.2, -0.15) is 0 Å². The van der Waals surface area contributed by atoms with Gasteiger partial charge in [-0.05, 0) is 21.3 Å². The normalized spacial score (nSPS) is 25.2. The van der Waals surface area contributed by atoms with Crippen molar-refractivity contribution in [1.82, 2.24) is 14.9 Å². The summed E-state index contributed by atoms with van der Waals surface area (Å²) >= 11 is 0. The first kappa shape index (κ1) is 17.0. The summed E-state index contributed by atoms with van der Waals surface area (Å²) in [6.45, 7) is 14.4. The van der Waals surface area contributed by atoms with E-state index in [2.05, 4.69) is 63.9 Å². The van der Waals surface area contributed by atoms with Gasteiger partial charge in [-0.15, -0.1) is 0 Å². The zero-order chi connectivity index (χ0) is 16.9. The maximum atomic E-state index is 4.94. The molecule has 0 aliphatic carbocycles. The SMILES string of the molecule is CN1N=NN(C)C12C(C(C)(C)C)CN=C(CC(C)(C)C)N2C. The van der Waals surface area contributed by atoms with Gasteiger partial charge in [0, 0.05) is 33.5 Å². The van der Waals surface area contributed by atoms with Crippen LogP contribution in [0.4, 0.5) is 0 Å². The van der Waals surface area contributed by atoms with Crippen LogP contribution < -0.4 is 0 Å². The standard InChI is InChI=1S/C16H32N6/c1-14(2,3)10-13-17-11-12(15(4,5)6)16(20(13)7)21(8)18-19-22(16)9/h12H,10-11H2,1-9H3. The summed E-state index contributed by atoms with van der Waals surface area (Å²) < 4.78 is 0. The van der Waals surface area contributed by atoms with Crippen molar-refractivity contribution in [2.45, 2.75) is 53.8 Å². The molecule has 1 spiro atoms. The largest absolute Gasteiger partial charge is 0.321 e. The Labute approximate surface area is 135 Å². The Morgan fingerprint density at radius 3 is 1.91 bits per heavy atom. The molecule has 2 heterocycles. The summed E-state index contributed by atoms with van der Waals surface area (Å²) in [5.74, 6) is 1.07. The van der Waals surface area contributed by atoms with Gasteiger partial charge >= 0.3 is 0 Å². The van der Waals surface area contributed by atoms with Gasteiger partial charge in [0.05, 0.1) is 6.54 Å². The molecule has 2 aliphatic heterocycles. The molecule has 0 saturated heterocycles. The van der Waals surface area contributed by atoms with Crippen molar-refractivity contribution >= 4 is 5.84 Å². The first-order chi connectivity index (χ1) is 9.90. The van der Waals surface area contributed by atoms with Crippen molar-refractivity contribution in [3.8, 4) is 0 Å². The van der Waals surface area contributed by atoms with Crippen LogP contribution in [0.5, 0.6) is 0 Å². The Morgan fingerprint density at radius 2 is 1.50 bits per heavy atom. The Kier molecular flexibility index (Phi) is 3.95. The maximum Gasteiger partial charge on any atom is 0.230 e. The minimum absolute atomic E-state index is 0.100. The van der Waals surface area contributed by atoms with Crippen molar-refractivity contribution in [3.05, 3.63) is 0 Å². The molecule has 0 fully saturated rings. The third kappa shape index (κ3) is 2.57. The number of nitrogens with zero attached hydrogens (tertiary/aromatic N) is 6. The van der Waals surface area contributed by atoms with Gasteiger partial charge < -0.3 is 4.90 Å². The molecule has 22 heavy (non-hydrogen) atoms. The van der Waals surface area contributed by atoms with E-state index in [0.29, 0.717) is 5.92 Å². The number of hydrogen-bond donors (Lipinski definition) is 0. The van der Waals surface area contributed by atoms with E-state index < -0.39 is 0 Å². The topological polar surface area (TPSA) is 46.8 Å². The van der Waals surface area contributed by atoms with Crippen LogP contribution in [0, 0.1) is 16.7 Å². The van der Waals surface area contributed by atoms with Crippen LogP contribution in [-0.4, -0.2) is 54.2 Å². The van der Waals surface area contributed by atoms with Crippen molar-refractivity contribution in [3.63, 3.8) is 0 Å². The smallest absolute Gasteiger partial charge is 0.230 e. The summed E-state index contributed by atoms with van der Waals surface area (Å²) in [6, 6.07) is 0. The van der Waals surface area contributed by atoms with Gasteiger partial charge in [0.2, 0.25) is 5.79 Å². The van der Waals surface area contributed by atoms with Gasteiger partial charge in [0.15, 0.2) is 0 Å². The molecule has 0 aromatic rings. The van der Waals surface area contributed by atoms with Crippen molar-refractivity contribution in [2.75, 3.05) is 27.7 Å². The molecule has 126 valence electrons. The van der Waals surface area contributed by atoms with E-state index in [-0.39, 0.29) is 16.6 Å². The predicted octanol–water partition coefficient (Wildman–Crippen LogP) is 3.24. The average molecular weight is 308 g/mol. The fourth-order valence-corrected chi connectivity index (χ4v) is 3.70. The minimum Gasteiger partial charge on any atom is -0.321 e. The highest BCUT2D eigenvalue weighted by molar-refractivity contribution is 5.84. The van der Waals surface area contributed by atoms with Crippen LogP contribution >= 0.6 is 0 Å². The van der Waals surface area contributed by atoms with Crippen LogP contribution in [0.15, 0.2) is 15.4 Å². The minimum atomic E-state index is -0.374. The van der Waals surface area contributed by atoms with E-state index in [0.717, 1.165) is 18.8 Å². The fourth-order valence-electron chi connectivity index (χ4n) is 3.70. The van der Waals surface area contributed by atoms with E-state index in [4.69, 9.17) is 4.99 Å². The summed E-state index contributed by atoms with van der Waals surface area (Å²) in [5, 5.41) is 12.7. The number of rotatable bonds is 1. The van der Waals surface area contributed by atoms with Crippen LogP contribution in [-0.2, 0) is 0 Å². The van der Waals surface area contributed by atoms with Crippen LogP contribution in [0.2, 0.25) is 0 Å². The molecule has 0 N–H and O–H groups in total. The van der Waals surface area contributed by atoms with E-state index >= 15 is 0 Å². The highest BCUT2D eigenvalue weighted by atomic mass is 15.9. The maximum absolute atomic E-state index is 4.94. The quantitative estimate of drug-likeness (QED) is 0.747. The van der Waals surface area contributed by atoms with Crippen molar-refractivity contribution in [1.29, 1.82) is 0 Å². The molecular formula is C16H32N6. The lowest BCUT2D eigenvalue weighted by Crippen LogP contribution is -2.72. The molecule has 6 nitrogen and oxygen atoms in total. The zero-order valence-electron chi connectivity index (χ0n) is 15.7. The highest BCUT2D eigenvalue weighted by Crippen LogP contribution is 2.47. The van der Waals surface area contributed by atoms with E-state index in [1.165, 1.54) is 0 Å². The Hall–Kier alpha value is -1.33. The Balaban J connectivity index is 2.49. The third-order valence-electron chi connectivity index (χ3n) is 4.80. The second kappa shape index (κ2) is 5.10. The molecule has 0 bridgehead atoms. The van der Waals surface area contributed by atoms with Crippen LogP contribution in [0.3, 0.4) is 0 Å². The number of amidine groups is 1. The first-order valence-electron chi connectivity index (χ1n) is 8.07. The zero-order valence-corrected chi connectivity index (χ0v) is 15.7. The van der Waals surface area contributed by atoms with Gasteiger partial charge in [-0.3, -0.25) is 4.99 Å². The second-order valence-corrected chi connectivity index (χ2v) is 8.89. The molecule has 0 aromatic heterocycles. The van der Waals surface area contributed by atoms with Crippen molar-refractivity contribution < 1.29 is 0 Å². The fraction of sp³-hybridized carbons (Fsp3) is 0.938. The van der Waals surface area contributed by atoms with Gasteiger partial charge in [-0.25, -0.2) is 10.0 Å². The molecule has 0 radical (unpaired) electrons. The third-order valence-corrected chi connectivity index (χ3v) is 4.80. The Morgan fingerprint density at radius 1 is 1.00 bits per heavy atom. The predicted molar refractivity (Wildman–Crippen MR) is 90.2 cm³/mol.